The highest BCUT2D eigenvalue weighted by molar-refractivity contribution is 9.10. The molecule has 2 rings (SSSR count). The van der Waals surface area contributed by atoms with Gasteiger partial charge in [-0.25, -0.2) is 4.79 Å². The van der Waals surface area contributed by atoms with Gasteiger partial charge in [0.15, 0.2) is 6.10 Å². The molecule has 2 N–H and O–H groups in total. The van der Waals surface area contributed by atoms with E-state index in [1.165, 1.54) is 6.92 Å². The molecule has 0 aliphatic heterocycles. The standard InChI is InChI=1S/C17H16BrNO4/c1-11(16(21)19-15-8-6-14(18)7-9-15)23-17(22)13-4-2-12(10-20)3-5-13/h2-9,11,20H,10H2,1H3,(H,19,21)/t11-/m0/s1. The van der Waals surface area contributed by atoms with Crippen molar-refractivity contribution in [3.05, 3.63) is 64.1 Å². The van der Waals surface area contributed by atoms with Crippen molar-refractivity contribution in [2.24, 2.45) is 0 Å². The molecule has 1 atom stereocenters. The molecular formula is C17H16BrNO4. The third-order valence-electron chi connectivity index (χ3n) is 3.14. The molecule has 0 fully saturated rings. The van der Waals surface area contributed by atoms with Gasteiger partial charge in [0, 0.05) is 10.2 Å². The van der Waals surface area contributed by atoms with Gasteiger partial charge in [-0.2, -0.15) is 0 Å². The van der Waals surface area contributed by atoms with E-state index < -0.39 is 18.0 Å². The van der Waals surface area contributed by atoms with Crippen LogP contribution in [0.15, 0.2) is 53.0 Å². The van der Waals surface area contributed by atoms with Crippen LogP contribution in [0.2, 0.25) is 0 Å². The number of nitrogens with one attached hydrogen (secondary N) is 1. The van der Waals surface area contributed by atoms with Gasteiger partial charge in [0.25, 0.3) is 5.91 Å². The average molecular weight is 378 g/mol. The van der Waals surface area contributed by atoms with Gasteiger partial charge >= 0.3 is 5.97 Å². The Hall–Kier alpha value is -2.18. The first-order chi connectivity index (χ1) is 11.0. The number of aliphatic hydroxyl groups is 1. The van der Waals surface area contributed by atoms with Crippen molar-refractivity contribution >= 4 is 33.5 Å². The van der Waals surface area contributed by atoms with E-state index >= 15 is 0 Å². The van der Waals surface area contributed by atoms with Crippen LogP contribution in [0.3, 0.4) is 0 Å². The Morgan fingerprint density at radius 2 is 1.74 bits per heavy atom. The topological polar surface area (TPSA) is 75.6 Å². The number of hydrogen-bond acceptors (Lipinski definition) is 4. The van der Waals surface area contributed by atoms with Gasteiger partial charge in [-0.3, -0.25) is 4.79 Å². The van der Waals surface area contributed by atoms with Gasteiger partial charge in [-0.15, -0.1) is 0 Å². The summed E-state index contributed by atoms with van der Waals surface area (Å²) in [4.78, 5) is 24.0. The van der Waals surface area contributed by atoms with Gasteiger partial charge in [-0.1, -0.05) is 28.1 Å². The minimum absolute atomic E-state index is 0.0959. The number of amides is 1. The number of halogens is 1. The lowest BCUT2D eigenvalue weighted by Crippen LogP contribution is -2.30. The Kier molecular flexibility index (Phi) is 5.90. The normalized spacial score (nSPS) is 11.6. The number of esters is 1. The minimum atomic E-state index is -0.927. The van der Waals surface area contributed by atoms with E-state index in [1.807, 2.05) is 0 Å². The van der Waals surface area contributed by atoms with Crippen LogP contribution in [-0.4, -0.2) is 23.1 Å². The molecule has 2 aromatic carbocycles. The molecule has 0 unspecified atom stereocenters. The number of ether oxygens (including phenoxy) is 1. The molecule has 1 amide bonds. The minimum Gasteiger partial charge on any atom is -0.449 e. The van der Waals surface area contributed by atoms with E-state index in [9.17, 15) is 9.59 Å². The van der Waals surface area contributed by atoms with Crippen molar-refractivity contribution in [2.75, 3.05) is 5.32 Å². The summed E-state index contributed by atoms with van der Waals surface area (Å²) in [6.45, 7) is 1.41. The summed E-state index contributed by atoms with van der Waals surface area (Å²) in [5.41, 5.74) is 1.64. The van der Waals surface area contributed by atoms with Crippen molar-refractivity contribution in [1.29, 1.82) is 0 Å². The largest absolute Gasteiger partial charge is 0.449 e. The second-order valence-electron chi connectivity index (χ2n) is 4.90. The summed E-state index contributed by atoms with van der Waals surface area (Å²) < 4.78 is 6.05. The second kappa shape index (κ2) is 7.89. The van der Waals surface area contributed by atoms with E-state index in [2.05, 4.69) is 21.2 Å². The Morgan fingerprint density at radius 1 is 1.13 bits per heavy atom. The molecule has 6 heteroatoms. The molecule has 0 saturated heterocycles. The quantitative estimate of drug-likeness (QED) is 0.784. The van der Waals surface area contributed by atoms with Crippen molar-refractivity contribution in [3.63, 3.8) is 0 Å². The van der Waals surface area contributed by atoms with E-state index in [0.29, 0.717) is 16.8 Å². The summed E-state index contributed by atoms with van der Waals surface area (Å²) >= 11 is 3.31. The second-order valence-corrected chi connectivity index (χ2v) is 5.81. The molecule has 5 nitrogen and oxygen atoms in total. The van der Waals surface area contributed by atoms with Gasteiger partial charge in [0.1, 0.15) is 0 Å². The maximum Gasteiger partial charge on any atom is 0.338 e. The molecule has 120 valence electrons. The summed E-state index contributed by atoms with van der Waals surface area (Å²) in [6.07, 6.45) is -0.927. The maximum absolute atomic E-state index is 12.0. The molecule has 0 saturated carbocycles. The van der Waals surface area contributed by atoms with Crippen LogP contribution in [-0.2, 0) is 16.1 Å². The summed E-state index contributed by atoms with van der Waals surface area (Å²) in [5, 5.41) is 11.6. The van der Waals surface area contributed by atoms with Crippen molar-refractivity contribution < 1.29 is 19.4 Å². The first-order valence-electron chi connectivity index (χ1n) is 6.97. The van der Waals surface area contributed by atoms with Crippen LogP contribution in [0.25, 0.3) is 0 Å². The van der Waals surface area contributed by atoms with Gasteiger partial charge in [-0.05, 0) is 48.9 Å². The zero-order valence-corrected chi connectivity index (χ0v) is 14.0. The number of carbonyl (C=O) groups excluding carboxylic acids is 2. The van der Waals surface area contributed by atoms with Crippen molar-refractivity contribution in [2.45, 2.75) is 19.6 Å². The lowest BCUT2D eigenvalue weighted by molar-refractivity contribution is -0.123. The Morgan fingerprint density at radius 3 is 2.30 bits per heavy atom. The summed E-state index contributed by atoms with van der Waals surface area (Å²) in [5.74, 6) is -0.999. The zero-order valence-electron chi connectivity index (χ0n) is 12.5. The van der Waals surface area contributed by atoms with E-state index in [4.69, 9.17) is 9.84 Å². The highest BCUT2D eigenvalue weighted by Crippen LogP contribution is 2.15. The number of aliphatic hydroxyl groups excluding tert-OH is 1. The fourth-order valence-corrected chi connectivity index (χ4v) is 2.07. The number of carbonyl (C=O) groups is 2. The fourth-order valence-electron chi connectivity index (χ4n) is 1.81. The maximum atomic E-state index is 12.0. The highest BCUT2D eigenvalue weighted by atomic mass is 79.9. The molecule has 0 spiro atoms. The highest BCUT2D eigenvalue weighted by Gasteiger charge is 2.19. The number of anilines is 1. The molecule has 0 aliphatic carbocycles. The number of benzene rings is 2. The van der Waals surface area contributed by atoms with Crippen LogP contribution >= 0.6 is 15.9 Å². The van der Waals surface area contributed by atoms with Crippen LogP contribution < -0.4 is 5.32 Å². The fraction of sp³-hybridized carbons (Fsp3) is 0.176. The lowest BCUT2D eigenvalue weighted by atomic mass is 10.1. The van der Waals surface area contributed by atoms with Gasteiger partial charge in [0.2, 0.25) is 0 Å². The zero-order chi connectivity index (χ0) is 16.8. The summed E-state index contributed by atoms with van der Waals surface area (Å²) in [6, 6.07) is 13.4. The van der Waals surface area contributed by atoms with E-state index in [-0.39, 0.29) is 6.61 Å². The van der Waals surface area contributed by atoms with E-state index in [1.54, 1.807) is 48.5 Å². The van der Waals surface area contributed by atoms with Gasteiger partial charge < -0.3 is 15.2 Å². The van der Waals surface area contributed by atoms with Crippen LogP contribution in [0.1, 0.15) is 22.8 Å². The van der Waals surface area contributed by atoms with Crippen LogP contribution in [0.4, 0.5) is 5.69 Å². The molecular weight excluding hydrogens is 362 g/mol. The van der Waals surface area contributed by atoms with Crippen molar-refractivity contribution in [3.8, 4) is 0 Å². The van der Waals surface area contributed by atoms with Crippen LogP contribution in [0.5, 0.6) is 0 Å². The summed E-state index contributed by atoms with van der Waals surface area (Å²) in [7, 11) is 0. The molecule has 0 heterocycles. The molecule has 0 aromatic heterocycles. The first kappa shape index (κ1) is 17.2. The number of rotatable bonds is 5. The molecule has 0 aliphatic rings. The third kappa shape index (κ3) is 4.91. The van der Waals surface area contributed by atoms with Crippen molar-refractivity contribution in [1.82, 2.24) is 0 Å². The average Bonchev–Trinajstić information content (AvgIpc) is 2.56. The molecule has 0 radical (unpaired) electrons. The Balaban J connectivity index is 1.94. The predicted molar refractivity (Wildman–Crippen MR) is 90.0 cm³/mol. The Labute approximate surface area is 142 Å². The third-order valence-corrected chi connectivity index (χ3v) is 3.67. The first-order valence-corrected chi connectivity index (χ1v) is 7.76. The molecule has 23 heavy (non-hydrogen) atoms. The molecule has 0 bridgehead atoms. The smallest absolute Gasteiger partial charge is 0.338 e. The Bertz CT molecular complexity index is 683. The number of hydrogen-bond donors (Lipinski definition) is 2. The van der Waals surface area contributed by atoms with Gasteiger partial charge in [0.05, 0.1) is 12.2 Å². The lowest BCUT2D eigenvalue weighted by Gasteiger charge is -2.13. The predicted octanol–water partition coefficient (Wildman–Crippen LogP) is 3.13. The molecule has 2 aromatic rings. The van der Waals surface area contributed by atoms with E-state index in [0.717, 1.165) is 4.47 Å². The monoisotopic (exact) mass is 377 g/mol. The van der Waals surface area contributed by atoms with Crippen LogP contribution in [0, 0.1) is 0 Å². The SMILES string of the molecule is C[C@H](OC(=O)c1ccc(CO)cc1)C(=O)Nc1ccc(Br)cc1.